The van der Waals surface area contributed by atoms with Gasteiger partial charge in [-0.05, 0) is 64.7 Å². The Morgan fingerprint density at radius 2 is 0.875 bits per heavy atom. The minimum atomic E-state index is 0.632. The summed E-state index contributed by atoms with van der Waals surface area (Å²) in [5.74, 6) is 1.92. The number of rotatable bonds is 6. The van der Waals surface area contributed by atoms with Gasteiger partial charge < -0.3 is 4.57 Å². The van der Waals surface area contributed by atoms with E-state index in [9.17, 15) is 0 Å². The van der Waals surface area contributed by atoms with Crippen molar-refractivity contribution in [2.75, 3.05) is 0 Å². The first kappa shape index (κ1) is 32.2. The van der Waals surface area contributed by atoms with E-state index in [4.69, 9.17) is 15.0 Å². The van der Waals surface area contributed by atoms with Gasteiger partial charge in [-0.2, -0.15) is 0 Å². The Morgan fingerprint density at radius 1 is 0.339 bits per heavy atom. The van der Waals surface area contributed by atoms with Gasteiger partial charge in [0.1, 0.15) is 0 Å². The van der Waals surface area contributed by atoms with E-state index in [0.717, 1.165) is 44.5 Å². The van der Waals surface area contributed by atoms with Crippen LogP contribution in [0.3, 0.4) is 0 Å². The maximum absolute atomic E-state index is 5.28. The fraction of sp³-hybridized carbons (Fsp3) is 0. The van der Waals surface area contributed by atoms with Crippen LogP contribution in [0.2, 0.25) is 0 Å². The molecule has 0 saturated heterocycles. The molecule has 0 spiro atoms. The maximum Gasteiger partial charge on any atom is 0.165 e. The monoisotopic (exact) mass is 732 g/mol. The lowest BCUT2D eigenvalue weighted by Crippen LogP contribution is -2.01. The third-order valence-corrected chi connectivity index (χ3v) is 11.9. The second kappa shape index (κ2) is 13.3. The molecule has 0 aliphatic heterocycles. The fourth-order valence-corrected chi connectivity index (χ4v) is 9.18. The van der Waals surface area contributed by atoms with Gasteiger partial charge in [0.05, 0.1) is 11.0 Å². The Hall–Kier alpha value is -7.21. The second-order valence-electron chi connectivity index (χ2n) is 14.0. The molecular formula is C51H32N4S. The van der Waals surface area contributed by atoms with Crippen molar-refractivity contribution in [3.63, 3.8) is 0 Å². The molecule has 0 aliphatic carbocycles. The number of fused-ring (bicyclic) bond motifs is 6. The van der Waals surface area contributed by atoms with E-state index in [2.05, 4.69) is 193 Å². The molecule has 11 rings (SSSR count). The normalized spacial score (nSPS) is 11.6. The van der Waals surface area contributed by atoms with E-state index in [0.29, 0.717) is 17.5 Å². The van der Waals surface area contributed by atoms with Gasteiger partial charge in [-0.1, -0.05) is 152 Å². The molecule has 0 radical (unpaired) electrons. The van der Waals surface area contributed by atoms with Crippen LogP contribution in [0.5, 0.6) is 0 Å². The van der Waals surface area contributed by atoms with E-state index >= 15 is 0 Å². The summed E-state index contributed by atoms with van der Waals surface area (Å²) in [6, 6.07) is 68.6. The largest absolute Gasteiger partial charge is 0.309 e. The highest BCUT2D eigenvalue weighted by molar-refractivity contribution is 7.26. The molecule has 8 aromatic carbocycles. The first-order valence-electron chi connectivity index (χ1n) is 18.8. The molecule has 0 atom stereocenters. The van der Waals surface area contributed by atoms with Crippen molar-refractivity contribution in [1.29, 1.82) is 0 Å². The zero-order chi connectivity index (χ0) is 37.0. The SMILES string of the molecule is c1ccc(-c2ccc(-c3cccc(-c4nc(-c5ccc6c7ccccc7n(-c7ccccc7)c6c5)nc(-c5cccc6c5sc5ccccc56)n4)c3)cc2)cc1. The number of hydrogen-bond donors (Lipinski definition) is 0. The lowest BCUT2D eigenvalue weighted by Gasteiger charge is -2.11. The third kappa shape index (κ3) is 5.48. The highest BCUT2D eigenvalue weighted by atomic mass is 32.1. The van der Waals surface area contributed by atoms with Gasteiger partial charge in [0.15, 0.2) is 17.5 Å². The van der Waals surface area contributed by atoms with E-state index in [1.54, 1.807) is 11.3 Å². The summed E-state index contributed by atoms with van der Waals surface area (Å²) >= 11 is 1.79. The van der Waals surface area contributed by atoms with Crippen molar-refractivity contribution in [3.8, 4) is 62.1 Å². The Morgan fingerprint density at radius 3 is 1.68 bits per heavy atom. The van der Waals surface area contributed by atoms with E-state index in [1.165, 1.54) is 42.1 Å². The smallest absolute Gasteiger partial charge is 0.165 e. The van der Waals surface area contributed by atoms with Crippen LogP contribution in [0, 0.1) is 0 Å². The van der Waals surface area contributed by atoms with Gasteiger partial charge in [-0.15, -0.1) is 11.3 Å². The number of thiophene rings is 1. The molecule has 0 N–H and O–H groups in total. The van der Waals surface area contributed by atoms with Crippen LogP contribution in [0.1, 0.15) is 0 Å². The van der Waals surface area contributed by atoms with Crippen LogP contribution >= 0.6 is 11.3 Å². The number of para-hydroxylation sites is 2. The summed E-state index contributed by atoms with van der Waals surface area (Å²) in [6.07, 6.45) is 0. The lowest BCUT2D eigenvalue weighted by atomic mass is 9.99. The molecule has 3 heterocycles. The maximum atomic E-state index is 5.28. The van der Waals surface area contributed by atoms with Gasteiger partial charge in [-0.25, -0.2) is 15.0 Å². The molecule has 4 nitrogen and oxygen atoms in total. The van der Waals surface area contributed by atoms with Crippen LogP contribution in [0.4, 0.5) is 0 Å². The Kier molecular flexibility index (Phi) is 7.64. The average Bonchev–Trinajstić information content (AvgIpc) is 3.83. The van der Waals surface area contributed by atoms with Crippen molar-refractivity contribution in [1.82, 2.24) is 19.5 Å². The second-order valence-corrected chi connectivity index (χ2v) is 15.1. The molecule has 0 aliphatic rings. The molecule has 5 heteroatoms. The highest BCUT2D eigenvalue weighted by Crippen LogP contribution is 2.40. The summed E-state index contributed by atoms with van der Waals surface area (Å²) in [5.41, 5.74) is 10.9. The number of aromatic nitrogens is 4. The summed E-state index contributed by atoms with van der Waals surface area (Å²) < 4.78 is 4.75. The molecule has 0 fully saturated rings. The van der Waals surface area contributed by atoms with E-state index in [-0.39, 0.29) is 0 Å². The van der Waals surface area contributed by atoms with Gasteiger partial charge in [0.2, 0.25) is 0 Å². The quantitative estimate of drug-likeness (QED) is 0.171. The zero-order valence-corrected chi connectivity index (χ0v) is 31.0. The van der Waals surface area contributed by atoms with Gasteiger partial charge in [0.25, 0.3) is 0 Å². The van der Waals surface area contributed by atoms with Gasteiger partial charge in [-0.3, -0.25) is 0 Å². The van der Waals surface area contributed by atoms with Crippen molar-refractivity contribution in [2.45, 2.75) is 0 Å². The molecule has 0 unspecified atom stereocenters. The Labute approximate surface area is 327 Å². The predicted molar refractivity (Wildman–Crippen MR) is 234 cm³/mol. The van der Waals surface area contributed by atoms with Crippen LogP contribution < -0.4 is 0 Å². The predicted octanol–water partition coefficient (Wildman–Crippen LogP) is 13.7. The molecular weight excluding hydrogens is 701 g/mol. The highest BCUT2D eigenvalue weighted by Gasteiger charge is 2.19. The van der Waals surface area contributed by atoms with Crippen molar-refractivity contribution >= 4 is 53.3 Å². The molecule has 0 saturated carbocycles. The standard InChI is InChI=1S/C51H32N4S/c1-3-13-33(14-4-1)34-25-27-35(28-26-34)36-15-11-16-37(31-36)49-52-50(54-51(53-49)44-22-12-21-43-42-20-8-10-24-47(42)56-48(43)44)38-29-30-41-40-19-7-9-23-45(40)55(46(41)32-38)39-17-5-2-6-18-39/h1-32H. The van der Waals surface area contributed by atoms with Crippen LogP contribution in [0.25, 0.3) is 104 Å². The molecule has 3 aromatic heterocycles. The van der Waals surface area contributed by atoms with Crippen LogP contribution in [-0.4, -0.2) is 19.5 Å². The third-order valence-electron chi connectivity index (χ3n) is 10.7. The fourth-order valence-electron chi connectivity index (χ4n) is 7.97. The van der Waals surface area contributed by atoms with Crippen LogP contribution in [0.15, 0.2) is 194 Å². The van der Waals surface area contributed by atoms with Crippen molar-refractivity contribution in [3.05, 3.63) is 194 Å². The first-order chi connectivity index (χ1) is 27.7. The van der Waals surface area contributed by atoms with E-state index in [1.807, 2.05) is 6.07 Å². The summed E-state index contributed by atoms with van der Waals surface area (Å²) in [5, 5.41) is 4.85. The number of hydrogen-bond acceptors (Lipinski definition) is 4. The van der Waals surface area contributed by atoms with Gasteiger partial charge >= 0.3 is 0 Å². The topological polar surface area (TPSA) is 43.6 Å². The molecule has 262 valence electrons. The number of nitrogens with zero attached hydrogens (tertiary/aromatic N) is 4. The molecule has 0 amide bonds. The Bertz CT molecular complexity index is 3240. The Balaban J connectivity index is 1.10. The number of benzene rings is 8. The van der Waals surface area contributed by atoms with Crippen LogP contribution in [-0.2, 0) is 0 Å². The zero-order valence-electron chi connectivity index (χ0n) is 30.2. The summed E-state index contributed by atoms with van der Waals surface area (Å²) in [4.78, 5) is 15.8. The molecule has 11 aromatic rings. The molecule has 0 bridgehead atoms. The summed E-state index contributed by atoms with van der Waals surface area (Å²) in [6.45, 7) is 0. The average molecular weight is 733 g/mol. The van der Waals surface area contributed by atoms with Gasteiger partial charge in [0, 0.05) is 53.3 Å². The van der Waals surface area contributed by atoms with E-state index < -0.39 is 0 Å². The van der Waals surface area contributed by atoms with Crippen molar-refractivity contribution < 1.29 is 0 Å². The first-order valence-corrected chi connectivity index (χ1v) is 19.6. The van der Waals surface area contributed by atoms with Crippen molar-refractivity contribution in [2.24, 2.45) is 0 Å². The lowest BCUT2D eigenvalue weighted by molar-refractivity contribution is 1.08. The summed E-state index contributed by atoms with van der Waals surface area (Å²) in [7, 11) is 0. The minimum Gasteiger partial charge on any atom is -0.309 e. The minimum absolute atomic E-state index is 0.632. The molecule has 56 heavy (non-hydrogen) atoms.